The van der Waals surface area contributed by atoms with Crippen molar-refractivity contribution in [1.29, 1.82) is 0 Å². The van der Waals surface area contributed by atoms with Gasteiger partial charge in [0.05, 0.1) is 16.9 Å². The smallest absolute Gasteiger partial charge is 0.276 e. The minimum absolute atomic E-state index is 0.208. The van der Waals surface area contributed by atoms with Crippen LogP contribution in [0.15, 0.2) is 54.7 Å². The van der Waals surface area contributed by atoms with E-state index in [2.05, 4.69) is 10.3 Å². The lowest BCUT2D eigenvalue weighted by molar-refractivity contribution is 0.0746. The van der Waals surface area contributed by atoms with Crippen molar-refractivity contribution < 1.29 is 4.79 Å². The second-order valence-electron chi connectivity index (χ2n) is 5.41. The summed E-state index contributed by atoms with van der Waals surface area (Å²) in [4.78, 5) is 14.4. The van der Waals surface area contributed by atoms with Crippen molar-refractivity contribution >= 4 is 29.1 Å². The van der Waals surface area contributed by atoms with E-state index in [0.717, 1.165) is 5.56 Å². The molecule has 0 saturated carbocycles. The SMILES string of the molecule is CCN(Cc1ccccc1Cl)C(=O)c1cn(-c2ccccc2Cl)nn1. The third-order valence-corrected chi connectivity index (χ3v) is 4.49. The summed E-state index contributed by atoms with van der Waals surface area (Å²) < 4.78 is 1.50. The van der Waals surface area contributed by atoms with Gasteiger partial charge in [0.1, 0.15) is 0 Å². The van der Waals surface area contributed by atoms with Gasteiger partial charge >= 0.3 is 0 Å². The quantitative estimate of drug-likeness (QED) is 0.670. The van der Waals surface area contributed by atoms with Crippen LogP contribution in [0.4, 0.5) is 0 Å². The number of aromatic nitrogens is 3. The maximum Gasteiger partial charge on any atom is 0.276 e. The van der Waals surface area contributed by atoms with E-state index in [9.17, 15) is 4.79 Å². The Labute approximate surface area is 155 Å². The van der Waals surface area contributed by atoms with E-state index in [-0.39, 0.29) is 11.6 Å². The molecule has 7 heteroatoms. The molecule has 0 fully saturated rings. The van der Waals surface area contributed by atoms with Crippen LogP contribution in [0.1, 0.15) is 23.0 Å². The van der Waals surface area contributed by atoms with Gasteiger partial charge in [-0.25, -0.2) is 4.68 Å². The number of rotatable bonds is 5. The van der Waals surface area contributed by atoms with E-state index in [1.165, 1.54) is 4.68 Å². The molecule has 0 N–H and O–H groups in total. The maximum atomic E-state index is 12.8. The minimum atomic E-state index is -0.208. The highest BCUT2D eigenvalue weighted by Crippen LogP contribution is 2.20. The molecule has 1 aromatic heterocycles. The fourth-order valence-electron chi connectivity index (χ4n) is 2.44. The van der Waals surface area contributed by atoms with Gasteiger partial charge in [0.2, 0.25) is 0 Å². The molecule has 0 saturated heterocycles. The number of carbonyl (C=O) groups is 1. The van der Waals surface area contributed by atoms with Crippen molar-refractivity contribution in [2.75, 3.05) is 6.54 Å². The number of halogens is 2. The molecule has 0 aliphatic carbocycles. The Morgan fingerprint density at radius 3 is 2.44 bits per heavy atom. The summed E-state index contributed by atoms with van der Waals surface area (Å²) in [6, 6.07) is 14.7. The maximum absolute atomic E-state index is 12.8. The molecule has 0 radical (unpaired) electrons. The number of para-hydroxylation sites is 1. The standard InChI is InChI=1S/C18H16Cl2N4O/c1-2-23(11-13-7-3-4-8-14(13)19)18(25)16-12-24(22-21-16)17-10-6-5-9-15(17)20/h3-10,12H,2,11H2,1H3. The van der Waals surface area contributed by atoms with Gasteiger partial charge in [0.15, 0.2) is 5.69 Å². The molecule has 0 aliphatic rings. The monoisotopic (exact) mass is 374 g/mol. The van der Waals surface area contributed by atoms with Crippen LogP contribution in [0.5, 0.6) is 0 Å². The summed E-state index contributed by atoms with van der Waals surface area (Å²) >= 11 is 12.4. The van der Waals surface area contributed by atoms with Crippen LogP contribution < -0.4 is 0 Å². The first-order chi connectivity index (χ1) is 12.1. The first-order valence-corrected chi connectivity index (χ1v) is 8.55. The fraction of sp³-hybridized carbons (Fsp3) is 0.167. The Hall–Kier alpha value is -2.37. The van der Waals surface area contributed by atoms with Crippen LogP contribution in [0.2, 0.25) is 10.0 Å². The molecular formula is C18H16Cl2N4O. The molecular weight excluding hydrogens is 359 g/mol. The molecule has 0 spiro atoms. The van der Waals surface area contributed by atoms with E-state index >= 15 is 0 Å². The second-order valence-corrected chi connectivity index (χ2v) is 6.22. The minimum Gasteiger partial charge on any atom is -0.333 e. The van der Waals surface area contributed by atoms with E-state index in [4.69, 9.17) is 23.2 Å². The zero-order valence-electron chi connectivity index (χ0n) is 13.6. The fourth-order valence-corrected chi connectivity index (χ4v) is 2.86. The predicted molar refractivity (Wildman–Crippen MR) is 98.2 cm³/mol. The second kappa shape index (κ2) is 7.68. The van der Waals surface area contributed by atoms with Gasteiger partial charge in [0, 0.05) is 18.1 Å². The molecule has 0 unspecified atom stereocenters. The summed E-state index contributed by atoms with van der Waals surface area (Å²) in [6.07, 6.45) is 1.58. The molecule has 0 bridgehead atoms. The van der Waals surface area contributed by atoms with Gasteiger partial charge in [-0.15, -0.1) is 5.10 Å². The van der Waals surface area contributed by atoms with Gasteiger partial charge < -0.3 is 4.90 Å². The van der Waals surface area contributed by atoms with Crippen LogP contribution in [0.3, 0.4) is 0 Å². The lowest BCUT2D eigenvalue weighted by Gasteiger charge is -2.20. The molecule has 3 rings (SSSR count). The molecule has 5 nitrogen and oxygen atoms in total. The van der Waals surface area contributed by atoms with E-state index in [0.29, 0.717) is 28.8 Å². The lowest BCUT2D eigenvalue weighted by Crippen LogP contribution is -2.30. The number of benzene rings is 2. The van der Waals surface area contributed by atoms with Crippen LogP contribution >= 0.6 is 23.2 Å². The Kier molecular flexibility index (Phi) is 5.36. The zero-order valence-corrected chi connectivity index (χ0v) is 15.1. The summed E-state index contributed by atoms with van der Waals surface area (Å²) in [6.45, 7) is 2.85. The average Bonchev–Trinajstić information content (AvgIpc) is 3.11. The largest absolute Gasteiger partial charge is 0.333 e. The van der Waals surface area contributed by atoms with Gasteiger partial charge in [-0.1, -0.05) is 58.7 Å². The van der Waals surface area contributed by atoms with Crippen molar-refractivity contribution in [2.24, 2.45) is 0 Å². The number of amides is 1. The van der Waals surface area contributed by atoms with E-state index < -0.39 is 0 Å². The van der Waals surface area contributed by atoms with Gasteiger partial charge in [-0.05, 0) is 30.7 Å². The molecule has 0 atom stereocenters. The highest BCUT2D eigenvalue weighted by atomic mass is 35.5. The Bertz CT molecular complexity index is 894. The molecule has 25 heavy (non-hydrogen) atoms. The molecule has 128 valence electrons. The van der Waals surface area contributed by atoms with Gasteiger partial charge in [0.25, 0.3) is 5.91 Å². The molecule has 3 aromatic rings. The lowest BCUT2D eigenvalue weighted by atomic mass is 10.2. The zero-order chi connectivity index (χ0) is 17.8. The van der Waals surface area contributed by atoms with Crippen LogP contribution in [-0.2, 0) is 6.54 Å². The first kappa shape index (κ1) is 17.5. The molecule has 2 aromatic carbocycles. The predicted octanol–water partition coefficient (Wildman–Crippen LogP) is 4.24. The van der Waals surface area contributed by atoms with Crippen molar-refractivity contribution in [3.05, 3.63) is 76.0 Å². The number of hydrogen-bond acceptors (Lipinski definition) is 3. The third-order valence-electron chi connectivity index (χ3n) is 3.80. The highest BCUT2D eigenvalue weighted by molar-refractivity contribution is 6.32. The first-order valence-electron chi connectivity index (χ1n) is 7.80. The summed E-state index contributed by atoms with van der Waals surface area (Å²) in [7, 11) is 0. The van der Waals surface area contributed by atoms with Gasteiger partial charge in [-0.3, -0.25) is 4.79 Å². The Balaban J connectivity index is 1.82. The number of nitrogens with zero attached hydrogens (tertiary/aromatic N) is 4. The van der Waals surface area contributed by atoms with Crippen LogP contribution in [0.25, 0.3) is 5.69 Å². The van der Waals surface area contributed by atoms with Crippen molar-refractivity contribution in [3.63, 3.8) is 0 Å². The average molecular weight is 375 g/mol. The van der Waals surface area contributed by atoms with Gasteiger partial charge in [-0.2, -0.15) is 0 Å². The molecule has 1 amide bonds. The summed E-state index contributed by atoms with van der Waals surface area (Å²) in [5.41, 5.74) is 1.82. The summed E-state index contributed by atoms with van der Waals surface area (Å²) in [5, 5.41) is 9.18. The Morgan fingerprint density at radius 2 is 1.76 bits per heavy atom. The summed E-state index contributed by atoms with van der Waals surface area (Å²) in [5.74, 6) is -0.208. The van der Waals surface area contributed by atoms with Crippen LogP contribution in [-0.4, -0.2) is 32.3 Å². The van der Waals surface area contributed by atoms with Crippen molar-refractivity contribution in [1.82, 2.24) is 19.9 Å². The number of carbonyl (C=O) groups excluding carboxylic acids is 1. The normalized spacial score (nSPS) is 10.7. The topological polar surface area (TPSA) is 51.0 Å². The number of hydrogen-bond donors (Lipinski definition) is 0. The molecule has 1 heterocycles. The van der Waals surface area contributed by atoms with Crippen LogP contribution in [0, 0.1) is 0 Å². The van der Waals surface area contributed by atoms with Crippen molar-refractivity contribution in [3.8, 4) is 5.69 Å². The Morgan fingerprint density at radius 1 is 1.08 bits per heavy atom. The highest BCUT2D eigenvalue weighted by Gasteiger charge is 2.19. The van der Waals surface area contributed by atoms with Crippen molar-refractivity contribution in [2.45, 2.75) is 13.5 Å². The molecule has 0 aliphatic heterocycles. The van der Waals surface area contributed by atoms with E-state index in [1.54, 1.807) is 17.2 Å². The third kappa shape index (κ3) is 3.83. The van der Waals surface area contributed by atoms with E-state index in [1.807, 2.05) is 49.4 Å².